The number of aliphatic hydroxyl groups is 1. The molecule has 0 aliphatic carbocycles. The van der Waals surface area contributed by atoms with E-state index in [1.807, 2.05) is 0 Å². The van der Waals surface area contributed by atoms with Crippen LogP contribution < -0.4 is 0 Å². The molecule has 0 fully saturated rings. The predicted octanol–water partition coefficient (Wildman–Crippen LogP) is 2.00. The molecule has 1 atom stereocenters. The summed E-state index contributed by atoms with van der Waals surface area (Å²) in [6.45, 7) is 2.11. The van der Waals surface area contributed by atoms with Gasteiger partial charge in [-0.25, -0.2) is 0 Å². The number of rotatable bonds is 2. The summed E-state index contributed by atoms with van der Waals surface area (Å²) >= 11 is 14.4. The van der Waals surface area contributed by atoms with Crippen molar-refractivity contribution in [2.24, 2.45) is 0 Å². The first-order valence-electron chi connectivity index (χ1n) is 2.60. The average molecular weight is 210 g/mol. The molecular weight excluding hydrogens is 198 g/mol. The number of hydrogen-bond acceptors (Lipinski definition) is 2. The van der Waals surface area contributed by atoms with Gasteiger partial charge in [0.25, 0.3) is 0 Å². The minimum Gasteiger partial charge on any atom is -0.391 e. The maximum atomic E-state index is 8.43. The molecule has 5 heteroatoms. The lowest BCUT2D eigenvalue weighted by Gasteiger charge is -1.97. The second-order valence-electron chi connectivity index (χ2n) is 1.55. The number of methoxy groups -OCH3 is 1. The number of aliphatic hydroxyl groups excluding tert-OH is 1. The molecule has 1 unspecified atom stereocenters. The van der Waals surface area contributed by atoms with Crippen molar-refractivity contribution >= 4 is 34.8 Å². The number of ether oxygens (including phenoxy) is 1. The summed E-state index contributed by atoms with van der Waals surface area (Å²) < 4.78 is 3.80. The predicted molar refractivity (Wildman–Crippen MR) is 44.9 cm³/mol. The molecule has 1 N–H and O–H groups in total. The van der Waals surface area contributed by atoms with E-state index in [0.29, 0.717) is 6.61 Å². The zero-order chi connectivity index (χ0) is 8.57. The van der Waals surface area contributed by atoms with Gasteiger partial charge in [-0.3, -0.25) is 0 Å². The van der Waals surface area contributed by atoms with E-state index < -0.39 is 4.30 Å². The Kier molecular flexibility index (Phi) is 13.1. The van der Waals surface area contributed by atoms with Crippen molar-refractivity contribution < 1.29 is 9.84 Å². The Bertz CT molecular complexity index is 56.1. The van der Waals surface area contributed by atoms with Crippen LogP contribution in [0.5, 0.6) is 0 Å². The van der Waals surface area contributed by atoms with Crippen molar-refractivity contribution in [1.29, 1.82) is 0 Å². The Morgan fingerprint density at radius 2 is 1.70 bits per heavy atom. The van der Waals surface area contributed by atoms with Gasteiger partial charge in [-0.2, -0.15) is 0 Å². The molecule has 10 heavy (non-hydrogen) atoms. The van der Waals surface area contributed by atoms with E-state index in [1.165, 1.54) is 0 Å². The summed E-state index contributed by atoms with van der Waals surface area (Å²) in [5.74, 6) is 0. The molecule has 0 aliphatic rings. The molecule has 0 rings (SSSR count). The SMILES string of the molecule is COCC(C)O.ClC(Cl)Cl. The average Bonchev–Trinajstić information content (AvgIpc) is 1.62. The summed E-state index contributed by atoms with van der Waals surface area (Å²) in [6.07, 6.45) is -0.324. The fraction of sp³-hybridized carbons (Fsp3) is 1.00. The van der Waals surface area contributed by atoms with Gasteiger partial charge in [0.2, 0.25) is 0 Å². The van der Waals surface area contributed by atoms with E-state index in [9.17, 15) is 0 Å². The lowest BCUT2D eigenvalue weighted by atomic mass is 10.5. The minimum atomic E-state index is -0.750. The van der Waals surface area contributed by atoms with E-state index in [0.717, 1.165) is 0 Å². The van der Waals surface area contributed by atoms with Crippen molar-refractivity contribution in [3.05, 3.63) is 0 Å². The molecule has 0 bridgehead atoms. The lowest BCUT2D eigenvalue weighted by Crippen LogP contribution is -2.07. The first-order valence-corrected chi connectivity index (χ1v) is 3.90. The third-order valence-corrected chi connectivity index (χ3v) is 0.408. The van der Waals surface area contributed by atoms with E-state index in [1.54, 1.807) is 14.0 Å². The van der Waals surface area contributed by atoms with E-state index in [4.69, 9.17) is 39.9 Å². The molecule has 0 radical (unpaired) electrons. The third kappa shape index (κ3) is 37.1. The molecule has 0 aliphatic heterocycles. The van der Waals surface area contributed by atoms with Gasteiger partial charge in [0.05, 0.1) is 12.7 Å². The minimum absolute atomic E-state index is 0.324. The Balaban J connectivity index is 0. The number of alkyl halides is 3. The van der Waals surface area contributed by atoms with Gasteiger partial charge in [0.1, 0.15) is 0 Å². The van der Waals surface area contributed by atoms with Crippen molar-refractivity contribution in [3.8, 4) is 0 Å². The van der Waals surface area contributed by atoms with E-state index in [2.05, 4.69) is 4.74 Å². The molecule has 0 spiro atoms. The molecule has 0 amide bonds. The van der Waals surface area contributed by atoms with Gasteiger partial charge in [0.15, 0.2) is 4.30 Å². The Hall–Kier alpha value is 0.790. The summed E-state index contributed by atoms with van der Waals surface area (Å²) in [6, 6.07) is 0. The number of halogens is 3. The van der Waals surface area contributed by atoms with Gasteiger partial charge in [0, 0.05) is 7.11 Å². The zero-order valence-electron chi connectivity index (χ0n) is 5.85. The lowest BCUT2D eigenvalue weighted by molar-refractivity contribution is 0.0765. The van der Waals surface area contributed by atoms with Gasteiger partial charge in [-0.1, -0.05) is 34.8 Å². The second kappa shape index (κ2) is 9.79. The van der Waals surface area contributed by atoms with E-state index >= 15 is 0 Å². The van der Waals surface area contributed by atoms with Crippen LogP contribution in [0.25, 0.3) is 0 Å². The molecule has 64 valence electrons. The Morgan fingerprint density at radius 3 is 1.70 bits per heavy atom. The van der Waals surface area contributed by atoms with Crippen molar-refractivity contribution in [3.63, 3.8) is 0 Å². The summed E-state index contributed by atoms with van der Waals surface area (Å²) in [4.78, 5) is 0. The van der Waals surface area contributed by atoms with Crippen molar-refractivity contribution in [1.82, 2.24) is 0 Å². The Morgan fingerprint density at radius 1 is 1.40 bits per heavy atom. The largest absolute Gasteiger partial charge is 0.391 e. The molecule has 2 nitrogen and oxygen atoms in total. The summed E-state index contributed by atoms with van der Waals surface area (Å²) in [5, 5.41) is 8.43. The first-order chi connectivity index (χ1) is 4.50. The molecule has 0 saturated heterocycles. The third-order valence-electron chi connectivity index (χ3n) is 0.408. The highest BCUT2D eigenvalue weighted by Gasteiger charge is 1.87. The zero-order valence-corrected chi connectivity index (χ0v) is 8.12. The maximum Gasteiger partial charge on any atom is 0.180 e. The van der Waals surface area contributed by atoms with Crippen LogP contribution >= 0.6 is 34.8 Å². The van der Waals surface area contributed by atoms with Crippen LogP contribution in [0.3, 0.4) is 0 Å². The summed E-state index contributed by atoms with van der Waals surface area (Å²) in [5.41, 5.74) is 0. The molecule has 0 saturated carbocycles. The first kappa shape index (κ1) is 13.4. The Labute approximate surface area is 76.0 Å². The molecule has 0 aromatic rings. The quantitative estimate of drug-likeness (QED) is 0.705. The molecule has 0 aromatic carbocycles. The molecule has 0 aromatic heterocycles. The second-order valence-corrected chi connectivity index (χ2v) is 3.53. The highest BCUT2D eigenvalue weighted by Crippen LogP contribution is 2.03. The van der Waals surface area contributed by atoms with Crippen LogP contribution in [0, 0.1) is 0 Å². The fourth-order valence-corrected chi connectivity index (χ4v) is 0.241. The monoisotopic (exact) mass is 208 g/mol. The van der Waals surface area contributed by atoms with Gasteiger partial charge in [-0.15, -0.1) is 0 Å². The highest BCUT2D eigenvalue weighted by atomic mass is 35.6. The highest BCUT2D eigenvalue weighted by molar-refractivity contribution is 6.63. The topological polar surface area (TPSA) is 29.5 Å². The molecular formula is C5H11Cl3O2. The van der Waals surface area contributed by atoms with E-state index in [-0.39, 0.29) is 6.10 Å². The van der Waals surface area contributed by atoms with Crippen molar-refractivity contribution in [2.45, 2.75) is 17.3 Å². The number of hydrogen-bond donors (Lipinski definition) is 1. The molecule has 0 heterocycles. The van der Waals surface area contributed by atoms with Crippen LogP contribution in [0.2, 0.25) is 0 Å². The van der Waals surface area contributed by atoms with Crippen LogP contribution in [-0.2, 0) is 4.74 Å². The smallest absolute Gasteiger partial charge is 0.180 e. The van der Waals surface area contributed by atoms with Crippen LogP contribution in [0.1, 0.15) is 6.92 Å². The van der Waals surface area contributed by atoms with Crippen LogP contribution in [0.4, 0.5) is 0 Å². The van der Waals surface area contributed by atoms with Gasteiger partial charge < -0.3 is 9.84 Å². The van der Waals surface area contributed by atoms with Crippen molar-refractivity contribution in [2.75, 3.05) is 13.7 Å². The maximum absolute atomic E-state index is 8.43. The normalized spacial score (nSPS) is 12.3. The van der Waals surface area contributed by atoms with Crippen LogP contribution in [-0.4, -0.2) is 29.2 Å². The summed E-state index contributed by atoms with van der Waals surface area (Å²) in [7, 11) is 1.56. The fourth-order valence-electron chi connectivity index (χ4n) is 0.241. The van der Waals surface area contributed by atoms with Gasteiger partial charge >= 0.3 is 0 Å². The standard InChI is InChI=1S/C4H10O2.CHCl3/c1-4(5)3-6-2;2-1(3)4/h4-5H,3H2,1-2H3;1H. The van der Waals surface area contributed by atoms with Gasteiger partial charge in [-0.05, 0) is 6.92 Å². The van der Waals surface area contributed by atoms with Crippen LogP contribution in [0.15, 0.2) is 0 Å².